The average Bonchev–Trinajstić information content (AvgIpc) is 2.84. The number of ether oxygens (including phenoxy) is 2. The van der Waals surface area contributed by atoms with Crippen LogP contribution in [-0.2, 0) is 23.5 Å². The first-order valence-electron chi connectivity index (χ1n) is 9.26. The molecule has 0 radical (unpaired) electrons. The van der Waals surface area contributed by atoms with Gasteiger partial charge in [-0.25, -0.2) is 9.59 Å². The number of esters is 2. The molecule has 1 aliphatic heterocycles. The quantitative estimate of drug-likeness (QED) is 0.385. The van der Waals surface area contributed by atoms with Crippen molar-refractivity contribution in [2.75, 3.05) is 13.2 Å². The molecule has 0 N–H and O–H groups in total. The Morgan fingerprint density at radius 2 is 1.50 bits per heavy atom. The molecule has 1 heterocycles. The summed E-state index contributed by atoms with van der Waals surface area (Å²) in [6, 6.07) is 0. The van der Waals surface area contributed by atoms with Gasteiger partial charge < -0.3 is 13.9 Å². The second-order valence-corrected chi connectivity index (χ2v) is 13.6. The van der Waals surface area contributed by atoms with Crippen molar-refractivity contribution >= 4 is 20.3 Å². The molecule has 0 bridgehead atoms. The van der Waals surface area contributed by atoms with Gasteiger partial charge in [0.15, 0.2) is 0 Å². The summed E-state index contributed by atoms with van der Waals surface area (Å²) in [6.45, 7) is 20.2. The van der Waals surface area contributed by atoms with Crippen LogP contribution in [0.25, 0.3) is 0 Å². The maximum absolute atomic E-state index is 13.1. The van der Waals surface area contributed by atoms with Crippen LogP contribution < -0.4 is 0 Å². The van der Waals surface area contributed by atoms with E-state index in [1.807, 2.05) is 0 Å². The van der Waals surface area contributed by atoms with Crippen LogP contribution in [0, 0.1) is 0 Å². The zero-order valence-electron chi connectivity index (χ0n) is 17.5. The number of hydrogen-bond donors (Lipinski definition) is 0. The third-order valence-corrected chi connectivity index (χ3v) is 10.8. The summed E-state index contributed by atoms with van der Waals surface area (Å²) in [4.78, 5) is 25.9. The lowest BCUT2D eigenvalue weighted by Gasteiger charge is -2.49. The SMILES string of the molecule is C=CCC1O[Si](C(C)(C)C)(C(C)(C)C)C(C(=O)OCC)=C1C(=O)OCC. The van der Waals surface area contributed by atoms with Crippen LogP contribution in [0.2, 0.25) is 10.1 Å². The minimum atomic E-state index is -2.96. The average molecular weight is 383 g/mol. The summed E-state index contributed by atoms with van der Waals surface area (Å²) in [6.07, 6.45) is 1.62. The van der Waals surface area contributed by atoms with Crippen LogP contribution in [0.4, 0.5) is 0 Å². The zero-order chi connectivity index (χ0) is 20.3. The first kappa shape index (κ1) is 22.6. The molecule has 5 nitrogen and oxygen atoms in total. The first-order chi connectivity index (χ1) is 11.9. The molecule has 1 rings (SSSR count). The molecule has 1 atom stereocenters. The summed E-state index contributed by atoms with van der Waals surface area (Å²) < 4.78 is 17.3. The van der Waals surface area contributed by atoms with Gasteiger partial charge in [-0.05, 0) is 30.3 Å². The van der Waals surface area contributed by atoms with Gasteiger partial charge >= 0.3 is 11.9 Å². The fourth-order valence-corrected chi connectivity index (χ4v) is 10.3. The van der Waals surface area contributed by atoms with E-state index in [-0.39, 0.29) is 23.3 Å². The van der Waals surface area contributed by atoms with Crippen molar-refractivity contribution in [3.8, 4) is 0 Å². The molecule has 0 saturated heterocycles. The van der Waals surface area contributed by atoms with E-state index in [0.717, 1.165) is 0 Å². The zero-order valence-corrected chi connectivity index (χ0v) is 18.5. The second kappa shape index (κ2) is 8.09. The van der Waals surface area contributed by atoms with Crippen LogP contribution in [-0.4, -0.2) is 39.6 Å². The molecule has 26 heavy (non-hydrogen) atoms. The fourth-order valence-electron chi connectivity index (χ4n) is 4.13. The number of carbonyl (C=O) groups is 2. The van der Waals surface area contributed by atoms with Crippen LogP contribution in [0.3, 0.4) is 0 Å². The van der Waals surface area contributed by atoms with Gasteiger partial charge in [0.1, 0.15) is 0 Å². The minimum absolute atomic E-state index is 0.235. The van der Waals surface area contributed by atoms with Gasteiger partial charge in [0.05, 0.1) is 30.1 Å². The van der Waals surface area contributed by atoms with Crippen LogP contribution in [0.1, 0.15) is 61.8 Å². The predicted molar refractivity (Wildman–Crippen MR) is 105 cm³/mol. The summed E-state index contributed by atoms with van der Waals surface area (Å²) in [5.74, 6) is -0.955. The van der Waals surface area contributed by atoms with Gasteiger partial charge in [-0.15, -0.1) is 6.58 Å². The van der Waals surface area contributed by atoms with Gasteiger partial charge in [-0.3, -0.25) is 0 Å². The van der Waals surface area contributed by atoms with Crippen molar-refractivity contribution < 1.29 is 23.5 Å². The molecule has 0 saturated carbocycles. The van der Waals surface area contributed by atoms with Gasteiger partial charge in [0, 0.05) is 0 Å². The summed E-state index contributed by atoms with van der Waals surface area (Å²) in [5, 5.41) is -0.244. The molecule has 0 aromatic carbocycles. The van der Waals surface area contributed by atoms with Crippen LogP contribution >= 0.6 is 0 Å². The summed E-state index contributed by atoms with van der Waals surface area (Å²) in [5.41, 5.74) is 0.321. The highest BCUT2D eigenvalue weighted by molar-refractivity contribution is 6.90. The Balaban J connectivity index is 3.87. The van der Waals surface area contributed by atoms with E-state index in [9.17, 15) is 9.59 Å². The second-order valence-electron chi connectivity index (χ2n) is 8.54. The molecule has 1 unspecified atom stereocenters. The van der Waals surface area contributed by atoms with E-state index in [2.05, 4.69) is 48.1 Å². The molecule has 0 fully saturated rings. The highest BCUT2D eigenvalue weighted by Crippen LogP contribution is 2.60. The monoisotopic (exact) mass is 382 g/mol. The van der Waals surface area contributed by atoms with E-state index in [1.165, 1.54) is 0 Å². The first-order valence-corrected chi connectivity index (χ1v) is 11.2. The molecule has 0 amide bonds. The molecular formula is C20H34O5Si. The van der Waals surface area contributed by atoms with Crippen molar-refractivity contribution in [3.63, 3.8) is 0 Å². The lowest BCUT2D eigenvalue weighted by Crippen LogP contribution is -2.56. The van der Waals surface area contributed by atoms with Crippen molar-refractivity contribution in [2.45, 2.75) is 78.0 Å². The fraction of sp³-hybridized carbons (Fsp3) is 0.700. The number of hydrogen-bond acceptors (Lipinski definition) is 5. The lowest BCUT2D eigenvalue weighted by molar-refractivity contribution is -0.141. The molecule has 148 valence electrons. The number of rotatable bonds is 6. The minimum Gasteiger partial charge on any atom is -0.463 e. The van der Waals surface area contributed by atoms with E-state index in [4.69, 9.17) is 13.9 Å². The molecule has 6 heteroatoms. The normalized spacial score (nSPS) is 20.1. The van der Waals surface area contributed by atoms with E-state index >= 15 is 0 Å². The Morgan fingerprint density at radius 1 is 1.04 bits per heavy atom. The molecular weight excluding hydrogens is 348 g/mol. The van der Waals surface area contributed by atoms with Gasteiger partial charge in [-0.1, -0.05) is 47.6 Å². The Kier molecular flexibility index (Phi) is 7.04. The third kappa shape index (κ3) is 3.81. The third-order valence-electron chi connectivity index (χ3n) is 4.73. The Morgan fingerprint density at radius 3 is 1.88 bits per heavy atom. The van der Waals surface area contributed by atoms with Gasteiger partial charge in [0.2, 0.25) is 8.32 Å². The van der Waals surface area contributed by atoms with Crippen molar-refractivity contribution in [2.24, 2.45) is 0 Å². The van der Waals surface area contributed by atoms with Crippen molar-refractivity contribution in [1.29, 1.82) is 0 Å². The Labute approximate surface area is 158 Å². The highest BCUT2D eigenvalue weighted by atomic mass is 28.4. The topological polar surface area (TPSA) is 61.8 Å². The predicted octanol–water partition coefficient (Wildman–Crippen LogP) is 4.47. The van der Waals surface area contributed by atoms with Crippen LogP contribution in [0.15, 0.2) is 23.4 Å². The van der Waals surface area contributed by atoms with Crippen molar-refractivity contribution in [3.05, 3.63) is 23.4 Å². The number of carbonyl (C=O) groups excluding carboxylic acids is 2. The molecule has 0 aromatic rings. The smallest absolute Gasteiger partial charge is 0.336 e. The summed E-state index contributed by atoms with van der Waals surface area (Å²) >= 11 is 0. The Hall–Kier alpha value is -1.40. The van der Waals surface area contributed by atoms with E-state index in [0.29, 0.717) is 17.2 Å². The van der Waals surface area contributed by atoms with Gasteiger partial charge in [0.25, 0.3) is 0 Å². The maximum atomic E-state index is 13.1. The Bertz CT molecular complexity index is 578. The van der Waals surface area contributed by atoms with Crippen LogP contribution in [0.5, 0.6) is 0 Å². The van der Waals surface area contributed by atoms with E-state index in [1.54, 1.807) is 19.9 Å². The van der Waals surface area contributed by atoms with Crippen molar-refractivity contribution in [1.82, 2.24) is 0 Å². The molecule has 0 aliphatic carbocycles. The van der Waals surface area contributed by atoms with E-state index < -0.39 is 26.4 Å². The van der Waals surface area contributed by atoms with Gasteiger partial charge in [-0.2, -0.15) is 0 Å². The molecule has 0 spiro atoms. The molecule has 1 aliphatic rings. The highest BCUT2D eigenvalue weighted by Gasteiger charge is 2.66. The summed E-state index contributed by atoms with van der Waals surface area (Å²) in [7, 11) is -2.96. The standard InChI is InChI=1S/C20H34O5Si/c1-10-13-14-15(17(21)23-11-2)16(18(22)24-12-3)26(25-14,19(4,5)6)20(7,8)9/h10,14H,1,11-13H2,2-9H3. The molecule has 0 aromatic heterocycles. The lowest BCUT2D eigenvalue weighted by atomic mass is 10.1. The largest absolute Gasteiger partial charge is 0.463 e. The maximum Gasteiger partial charge on any atom is 0.336 e.